The number of hydrogen-bond donors (Lipinski definition) is 0. The number of imide groups is 1. The second-order valence-electron chi connectivity index (χ2n) is 8.95. The van der Waals surface area contributed by atoms with Gasteiger partial charge in [0.05, 0.1) is 16.8 Å². The summed E-state index contributed by atoms with van der Waals surface area (Å²) in [6, 6.07) is 15.1. The summed E-state index contributed by atoms with van der Waals surface area (Å²) in [5, 5.41) is 3.12. The van der Waals surface area contributed by atoms with Crippen LogP contribution in [0, 0.1) is 0 Å². The van der Waals surface area contributed by atoms with E-state index in [4.69, 9.17) is 4.98 Å². The van der Waals surface area contributed by atoms with Gasteiger partial charge < -0.3 is 4.90 Å². The van der Waals surface area contributed by atoms with Gasteiger partial charge in [0.15, 0.2) is 0 Å². The molecule has 7 nitrogen and oxygen atoms in total. The van der Waals surface area contributed by atoms with Crippen molar-refractivity contribution in [3.63, 3.8) is 0 Å². The van der Waals surface area contributed by atoms with Crippen molar-refractivity contribution in [3.05, 3.63) is 76.3 Å². The van der Waals surface area contributed by atoms with Gasteiger partial charge in [-0.3, -0.25) is 24.2 Å². The van der Waals surface area contributed by atoms with Crippen LogP contribution in [0.5, 0.6) is 0 Å². The lowest BCUT2D eigenvalue weighted by Crippen LogP contribution is -2.48. The fraction of sp³-hybridized carbons (Fsp3) is 0.333. The third kappa shape index (κ3) is 4.76. The van der Waals surface area contributed by atoms with Crippen LogP contribution in [-0.4, -0.2) is 70.1 Å². The van der Waals surface area contributed by atoms with Crippen molar-refractivity contribution in [3.8, 4) is 10.6 Å². The van der Waals surface area contributed by atoms with Crippen LogP contribution in [0.1, 0.15) is 56.5 Å². The van der Waals surface area contributed by atoms with Gasteiger partial charge in [0.25, 0.3) is 17.7 Å². The molecule has 3 amide bonds. The lowest BCUT2D eigenvalue weighted by Gasteiger charge is -2.34. The number of unbranched alkanes of at least 4 members (excludes halogenated alkanes) is 1. The predicted octanol–water partition coefficient (Wildman–Crippen LogP) is 4.16. The molecule has 0 bridgehead atoms. The van der Waals surface area contributed by atoms with Crippen molar-refractivity contribution in [1.29, 1.82) is 0 Å². The number of carbonyl (C=O) groups is 3. The molecule has 8 heteroatoms. The van der Waals surface area contributed by atoms with Crippen LogP contribution in [0.25, 0.3) is 10.6 Å². The molecule has 0 radical (unpaired) electrons. The Labute approximate surface area is 209 Å². The Balaban J connectivity index is 1.19. The third-order valence-electron chi connectivity index (χ3n) is 6.57. The van der Waals surface area contributed by atoms with E-state index in [1.807, 2.05) is 30.0 Å². The number of aromatic nitrogens is 1. The van der Waals surface area contributed by atoms with Crippen LogP contribution in [0.15, 0.2) is 53.9 Å². The van der Waals surface area contributed by atoms with Crippen molar-refractivity contribution in [1.82, 2.24) is 19.7 Å². The Bertz CT molecular complexity index is 1250. The van der Waals surface area contributed by atoms with E-state index in [2.05, 4.69) is 22.4 Å². The molecule has 0 N–H and O–H groups in total. The lowest BCUT2D eigenvalue weighted by molar-refractivity contribution is 0.0625. The zero-order valence-electron chi connectivity index (χ0n) is 19.8. The summed E-state index contributed by atoms with van der Waals surface area (Å²) in [5.41, 5.74) is 3.37. The minimum atomic E-state index is -0.295. The van der Waals surface area contributed by atoms with Gasteiger partial charge in [-0.2, -0.15) is 0 Å². The lowest BCUT2D eigenvalue weighted by atomic mass is 10.0. The minimum Gasteiger partial charge on any atom is -0.336 e. The largest absolute Gasteiger partial charge is 0.336 e. The van der Waals surface area contributed by atoms with Crippen LogP contribution in [0.4, 0.5) is 0 Å². The van der Waals surface area contributed by atoms with E-state index in [0.29, 0.717) is 36.3 Å². The predicted molar refractivity (Wildman–Crippen MR) is 135 cm³/mol. The Kier molecular flexibility index (Phi) is 6.74. The highest BCUT2D eigenvalue weighted by Crippen LogP contribution is 2.26. The van der Waals surface area contributed by atoms with Gasteiger partial charge in [-0.15, -0.1) is 11.3 Å². The molecule has 1 saturated heterocycles. The van der Waals surface area contributed by atoms with Crippen LogP contribution in [-0.2, 0) is 6.54 Å². The number of nitrogens with zero attached hydrogens (tertiary/aromatic N) is 4. The highest BCUT2D eigenvalue weighted by molar-refractivity contribution is 7.13. The zero-order valence-corrected chi connectivity index (χ0v) is 20.6. The van der Waals surface area contributed by atoms with Crippen LogP contribution in [0.2, 0.25) is 0 Å². The first-order chi connectivity index (χ1) is 17.0. The van der Waals surface area contributed by atoms with E-state index in [-0.39, 0.29) is 17.7 Å². The third-order valence-corrected chi connectivity index (χ3v) is 7.51. The molecule has 2 aromatic carbocycles. The number of carbonyl (C=O) groups excluding carboxylic acids is 3. The summed E-state index contributed by atoms with van der Waals surface area (Å²) in [4.78, 5) is 48.7. The van der Waals surface area contributed by atoms with E-state index < -0.39 is 0 Å². The molecule has 35 heavy (non-hydrogen) atoms. The van der Waals surface area contributed by atoms with Gasteiger partial charge in [0.2, 0.25) is 0 Å². The Morgan fingerprint density at radius 3 is 2.46 bits per heavy atom. The van der Waals surface area contributed by atoms with Crippen molar-refractivity contribution in [2.45, 2.75) is 26.3 Å². The van der Waals surface area contributed by atoms with Crippen LogP contribution in [0.3, 0.4) is 0 Å². The summed E-state index contributed by atoms with van der Waals surface area (Å²) >= 11 is 1.65. The highest BCUT2D eigenvalue weighted by atomic mass is 32.1. The first-order valence-electron chi connectivity index (χ1n) is 12.1. The van der Waals surface area contributed by atoms with Gasteiger partial charge in [-0.1, -0.05) is 43.7 Å². The minimum absolute atomic E-state index is 0.0975. The molecule has 0 unspecified atom stereocenters. The van der Waals surface area contributed by atoms with Crippen molar-refractivity contribution in [2.75, 3.05) is 32.7 Å². The molecule has 1 aromatic heterocycles. The van der Waals surface area contributed by atoms with Crippen LogP contribution < -0.4 is 0 Å². The normalized spacial score (nSPS) is 16.1. The Hall–Kier alpha value is -3.36. The van der Waals surface area contributed by atoms with E-state index in [0.717, 1.165) is 48.7 Å². The molecule has 5 rings (SSSR count). The number of fused-ring (bicyclic) bond motifs is 1. The summed E-state index contributed by atoms with van der Waals surface area (Å²) in [7, 11) is 0. The average Bonchev–Trinajstić information content (AvgIpc) is 3.46. The molecule has 0 saturated carbocycles. The Morgan fingerprint density at radius 2 is 1.71 bits per heavy atom. The number of hydrogen-bond acceptors (Lipinski definition) is 6. The molecule has 0 atom stereocenters. The number of piperazine rings is 1. The molecule has 0 spiro atoms. The van der Waals surface area contributed by atoms with Crippen molar-refractivity contribution in [2.24, 2.45) is 0 Å². The monoisotopic (exact) mass is 488 g/mol. The second kappa shape index (κ2) is 10.1. The maximum Gasteiger partial charge on any atom is 0.261 e. The molecule has 3 heterocycles. The molecular weight excluding hydrogens is 460 g/mol. The molecule has 3 aromatic rings. The molecule has 2 aliphatic rings. The van der Waals surface area contributed by atoms with Gasteiger partial charge >= 0.3 is 0 Å². The maximum atomic E-state index is 13.2. The molecule has 0 aliphatic carbocycles. The van der Waals surface area contributed by atoms with Crippen molar-refractivity contribution >= 4 is 29.1 Å². The Morgan fingerprint density at radius 1 is 0.971 bits per heavy atom. The van der Waals surface area contributed by atoms with Gasteiger partial charge in [0, 0.05) is 55.8 Å². The first kappa shape index (κ1) is 23.4. The molecule has 1 fully saturated rings. The maximum absolute atomic E-state index is 13.2. The molecule has 2 aliphatic heterocycles. The van der Waals surface area contributed by atoms with Crippen molar-refractivity contribution < 1.29 is 14.4 Å². The quantitative estimate of drug-likeness (QED) is 0.467. The van der Waals surface area contributed by atoms with E-state index in [1.165, 1.54) is 4.90 Å². The summed E-state index contributed by atoms with van der Waals surface area (Å²) < 4.78 is 0. The van der Waals surface area contributed by atoms with Gasteiger partial charge in [-0.05, 0) is 24.6 Å². The van der Waals surface area contributed by atoms with Gasteiger partial charge in [0.1, 0.15) is 5.01 Å². The standard InChI is InChI=1S/C27H28N4O3S/c1-2-3-11-31-26(33)22-10-9-20(16-23(22)27(31)34)25(32)30-14-12-29(13-15-30)17-21-18-35-24(28-21)19-7-5-4-6-8-19/h4-10,16,18H,2-3,11-15,17H2,1H3. The van der Waals surface area contributed by atoms with E-state index in [1.54, 1.807) is 29.5 Å². The fourth-order valence-corrected chi connectivity index (χ4v) is 5.37. The van der Waals surface area contributed by atoms with Crippen LogP contribution >= 0.6 is 11.3 Å². The summed E-state index contributed by atoms with van der Waals surface area (Å²) in [5.74, 6) is -0.653. The summed E-state index contributed by atoms with van der Waals surface area (Å²) in [6.45, 7) is 5.94. The van der Waals surface area contributed by atoms with Gasteiger partial charge in [-0.25, -0.2) is 4.98 Å². The molecule has 180 valence electrons. The summed E-state index contributed by atoms with van der Waals surface area (Å²) in [6.07, 6.45) is 1.68. The fourth-order valence-electron chi connectivity index (χ4n) is 4.56. The van der Waals surface area contributed by atoms with E-state index in [9.17, 15) is 14.4 Å². The number of benzene rings is 2. The SMILES string of the molecule is CCCCN1C(=O)c2ccc(C(=O)N3CCN(Cc4csc(-c5ccccc5)n4)CC3)cc2C1=O. The smallest absolute Gasteiger partial charge is 0.261 e. The first-order valence-corrected chi connectivity index (χ1v) is 12.9. The number of rotatable bonds is 7. The second-order valence-corrected chi connectivity index (χ2v) is 9.81. The number of amides is 3. The zero-order chi connectivity index (χ0) is 24.4. The van der Waals surface area contributed by atoms with E-state index >= 15 is 0 Å². The number of thiazole rings is 1. The average molecular weight is 489 g/mol. The molecular formula is C27H28N4O3S. The topological polar surface area (TPSA) is 73.8 Å². The highest BCUT2D eigenvalue weighted by Gasteiger charge is 2.36.